The lowest BCUT2D eigenvalue weighted by atomic mass is 10.1. The van der Waals surface area contributed by atoms with Crippen LogP contribution in [0.1, 0.15) is 10.4 Å². The fraction of sp³-hybridized carbons (Fsp3) is 0. The number of thiazole rings is 1. The number of nitrogens with two attached hydrogens (primary N) is 1. The van der Waals surface area contributed by atoms with Gasteiger partial charge in [0.05, 0.1) is 26.3 Å². The fourth-order valence-corrected chi connectivity index (χ4v) is 2.89. The first kappa shape index (κ1) is 12.9. The molecule has 0 saturated heterocycles. The lowest BCUT2D eigenvalue weighted by Gasteiger charge is -2.09. The van der Waals surface area contributed by atoms with Crippen LogP contribution < -0.4 is 11.1 Å². The molecule has 0 aliphatic rings. The smallest absolute Gasteiger partial charge is 0.259 e. The number of benzene rings is 2. The van der Waals surface area contributed by atoms with Gasteiger partial charge < -0.3 is 11.1 Å². The number of anilines is 2. The van der Waals surface area contributed by atoms with E-state index in [9.17, 15) is 4.79 Å². The summed E-state index contributed by atoms with van der Waals surface area (Å²) in [4.78, 5) is 16.4. The molecule has 0 spiro atoms. The lowest BCUT2D eigenvalue weighted by Crippen LogP contribution is -2.14. The first-order valence-electron chi connectivity index (χ1n) is 5.84. The van der Waals surface area contributed by atoms with E-state index in [4.69, 9.17) is 17.3 Å². The van der Waals surface area contributed by atoms with Gasteiger partial charge in [-0.1, -0.05) is 17.7 Å². The summed E-state index contributed by atoms with van der Waals surface area (Å²) < 4.78 is 1.01. The molecule has 2 aromatic carbocycles. The second-order valence-corrected chi connectivity index (χ2v) is 5.49. The van der Waals surface area contributed by atoms with Gasteiger partial charge in [-0.05, 0) is 30.3 Å². The highest BCUT2D eigenvalue weighted by Crippen LogP contribution is 2.25. The van der Waals surface area contributed by atoms with Gasteiger partial charge in [-0.3, -0.25) is 4.79 Å². The summed E-state index contributed by atoms with van der Waals surface area (Å²) in [6.45, 7) is 0. The predicted octanol–water partition coefficient (Wildman–Crippen LogP) is 3.78. The van der Waals surface area contributed by atoms with Crippen LogP contribution in [0.25, 0.3) is 10.2 Å². The minimum absolute atomic E-state index is 0.290. The fourth-order valence-electron chi connectivity index (χ4n) is 1.91. The van der Waals surface area contributed by atoms with Gasteiger partial charge >= 0.3 is 0 Å². The Morgan fingerprint density at radius 2 is 2.15 bits per heavy atom. The Morgan fingerprint density at radius 1 is 1.30 bits per heavy atom. The van der Waals surface area contributed by atoms with Crippen molar-refractivity contribution in [3.8, 4) is 0 Å². The van der Waals surface area contributed by atoms with Gasteiger partial charge in [-0.2, -0.15) is 0 Å². The summed E-state index contributed by atoms with van der Waals surface area (Å²) >= 11 is 7.54. The molecule has 0 saturated carbocycles. The Labute approximate surface area is 124 Å². The number of hydrogen-bond acceptors (Lipinski definition) is 4. The van der Waals surface area contributed by atoms with E-state index in [1.807, 2.05) is 12.1 Å². The summed E-state index contributed by atoms with van der Waals surface area (Å²) in [5.41, 5.74) is 9.80. The zero-order chi connectivity index (χ0) is 14.1. The van der Waals surface area contributed by atoms with Crippen LogP contribution >= 0.6 is 22.9 Å². The van der Waals surface area contributed by atoms with Gasteiger partial charge in [0.2, 0.25) is 0 Å². The van der Waals surface area contributed by atoms with Crippen LogP contribution in [-0.4, -0.2) is 10.9 Å². The molecule has 0 aliphatic heterocycles. The van der Waals surface area contributed by atoms with E-state index in [1.54, 1.807) is 29.8 Å². The van der Waals surface area contributed by atoms with Gasteiger partial charge in [-0.25, -0.2) is 4.98 Å². The Bertz CT molecular complexity index is 780. The summed E-state index contributed by atoms with van der Waals surface area (Å²) in [5, 5.41) is 3.13. The number of rotatable bonds is 2. The maximum absolute atomic E-state index is 12.2. The number of amides is 1. The first-order chi connectivity index (χ1) is 9.65. The second-order valence-electron chi connectivity index (χ2n) is 4.19. The average molecular weight is 304 g/mol. The summed E-state index contributed by atoms with van der Waals surface area (Å²) in [6, 6.07) is 10.5. The molecule has 20 heavy (non-hydrogen) atoms. The third kappa shape index (κ3) is 2.33. The zero-order valence-electron chi connectivity index (χ0n) is 10.3. The summed E-state index contributed by atoms with van der Waals surface area (Å²) in [7, 11) is 0. The molecule has 0 aliphatic carbocycles. The number of carbonyl (C=O) groups is 1. The highest BCUT2D eigenvalue weighted by molar-refractivity contribution is 7.16. The van der Waals surface area contributed by atoms with Crippen molar-refractivity contribution in [2.24, 2.45) is 0 Å². The Kier molecular flexibility index (Phi) is 3.30. The van der Waals surface area contributed by atoms with E-state index < -0.39 is 0 Å². The molecule has 4 nitrogen and oxygen atoms in total. The molecule has 1 amide bonds. The van der Waals surface area contributed by atoms with E-state index in [0.29, 0.717) is 22.0 Å². The van der Waals surface area contributed by atoms with Gasteiger partial charge in [0.1, 0.15) is 0 Å². The molecule has 0 bridgehead atoms. The van der Waals surface area contributed by atoms with Crippen molar-refractivity contribution in [3.63, 3.8) is 0 Å². The number of aromatic nitrogens is 1. The SMILES string of the molecule is Nc1cccc(Cl)c1C(=O)Nc1ccc2ncsc2c1. The van der Waals surface area contributed by atoms with Crippen LogP contribution in [-0.2, 0) is 0 Å². The predicted molar refractivity (Wildman–Crippen MR) is 83.4 cm³/mol. The van der Waals surface area contributed by atoms with E-state index >= 15 is 0 Å². The quantitative estimate of drug-likeness (QED) is 0.708. The van der Waals surface area contributed by atoms with Gasteiger partial charge in [-0.15, -0.1) is 11.3 Å². The topological polar surface area (TPSA) is 68.0 Å². The van der Waals surface area contributed by atoms with Crippen LogP contribution in [0.4, 0.5) is 11.4 Å². The van der Waals surface area contributed by atoms with Gasteiger partial charge in [0.25, 0.3) is 5.91 Å². The molecule has 0 radical (unpaired) electrons. The molecule has 3 aromatic rings. The van der Waals surface area contributed by atoms with Crippen LogP contribution in [0.2, 0.25) is 5.02 Å². The highest BCUT2D eigenvalue weighted by atomic mass is 35.5. The molecule has 6 heteroatoms. The molecule has 1 heterocycles. The Balaban J connectivity index is 1.92. The third-order valence-corrected chi connectivity index (χ3v) is 3.97. The van der Waals surface area contributed by atoms with Crippen molar-refractivity contribution in [2.45, 2.75) is 0 Å². The maximum atomic E-state index is 12.2. The normalized spacial score (nSPS) is 10.7. The minimum Gasteiger partial charge on any atom is -0.398 e. The van der Waals surface area contributed by atoms with E-state index in [-0.39, 0.29) is 5.91 Å². The number of hydrogen-bond donors (Lipinski definition) is 2. The minimum atomic E-state index is -0.322. The van der Waals surface area contributed by atoms with Crippen LogP contribution in [0.5, 0.6) is 0 Å². The lowest BCUT2D eigenvalue weighted by molar-refractivity contribution is 0.102. The number of halogens is 1. The molecule has 1 aromatic heterocycles. The van der Waals surface area contributed by atoms with Crippen LogP contribution in [0, 0.1) is 0 Å². The zero-order valence-corrected chi connectivity index (χ0v) is 11.8. The monoisotopic (exact) mass is 303 g/mol. The Hall–Kier alpha value is -2.11. The van der Waals surface area contributed by atoms with E-state index in [1.165, 1.54) is 11.3 Å². The molecule has 100 valence electrons. The van der Waals surface area contributed by atoms with Crippen LogP contribution in [0.3, 0.4) is 0 Å². The van der Waals surface area contributed by atoms with E-state index in [2.05, 4.69) is 10.3 Å². The molecular weight excluding hydrogens is 294 g/mol. The maximum Gasteiger partial charge on any atom is 0.259 e. The number of fused-ring (bicyclic) bond motifs is 1. The third-order valence-electron chi connectivity index (χ3n) is 2.86. The number of nitrogens with one attached hydrogen (secondary N) is 1. The number of nitrogen functional groups attached to an aromatic ring is 1. The van der Waals surface area contributed by atoms with Crippen molar-refractivity contribution in [1.29, 1.82) is 0 Å². The van der Waals surface area contributed by atoms with Crippen molar-refractivity contribution in [2.75, 3.05) is 11.1 Å². The molecule has 3 N–H and O–H groups in total. The van der Waals surface area contributed by atoms with E-state index in [0.717, 1.165) is 10.2 Å². The van der Waals surface area contributed by atoms with Crippen LogP contribution in [0.15, 0.2) is 41.9 Å². The summed E-state index contributed by atoms with van der Waals surface area (Å²) in [5.74, 6) is -0.322. The summed E-state index contributed by atoms with van der Waals surface area (Å²) in [6.07, 6.45) is 0. The molecule has 0 atom stereocenters. The number of nitrogens with zero attached hydrogens (tertiary/aromatic N) is 1. The average Bonchev–Trinajstić information content (AvgIpc) is 2.85. The largest absolute Gasteiger partial charge is 0.398 e. The van der Waals surface area contributed by atoms with Crippen molar-refractivity contribution >= 4 is 50.4 Å². The first-order valence-corrected chi connectivity index (χ1v) is 7.09. The molecule has 0 fully saturated rings. The molecular formula is C14H10ClN3OS. The molecule has 3 rings (SSSR count). The van der Waals surface area contributed by atoms with Crippen molar-refractivity contribution in [1.82, 2.24) is 4.98 Å². The van der Waals surface area contributed by atoms with Gasteiger partial charge in [0.15, 0.2) is 0 Å². The number of carbonyl (C=O) groups excluding carboxylic acids is 1. The highest BCUT2D eigenvalue weighted by Gasteiger charge is 2.14. The van der Waals surface area contributed by atoms with Gasteiger partial charge in [0, 0.05) is 11.4 Å². The molecule has 0 unspecified atom stereocenters. The van der Waals surface area contributed by atoms with Crippen molar-refractivity contribution in [3.05, 3.63) is 52.5 Å². The Morgan fingerprint density at radius 3 is 2.95 bits per heavy atom. The second kappa shape index (κ2) is 5.11. The standard InChI is InChI=1S/C14H10ClN3OS/c15-9-2-1-3-10(16)13(9)14(19)18-8-4-5-11-12(6-8)20-7-17-11/h1-7H,16H2,(H,18,19). The van der Waals surface area contributed by atoms with Crippen molar-refractivity contribution < 1.29 is 4.79 Å².